The van der Waals surface area contributed by atoms with E-state index < -0.39 is 6.10 Å². The molecule has 0 amide bonds. The summed E-state index contributed by atoms with van der Waals surface area (Å²) in [4.78, 5) is 2.63. The molecule has 1 unspecified atom stereocenters. The lowest BCUT2D eigenvalue weighted by atomic mass is 10.1. The van der Waals surface area contributed by atoms with E-state index in [1.807, 2.05) is 28.2 Å². The topological polar surface area (TPSA) is 20.2 Å². The molecule has 1 aliphatic rings. The van der Waals surface area contributed by atoms with E-state index in [9.17, 15) is 5.11 Å². The molecule has 2 aromatic rings. The van der Waals surface area contributed by atoms with E-state index in [1.54, 1.807) is 11.3 Å². The number of aryl methyl sites for hydroxylation is 2. The van der Waals surface area contributed by atoms with Crippen LogP contribution in [-0.4, -0.2) is 5.11 Å². The number of aliphatic hydroxyl groups is 1. The number of hydrogen-bond acceptors (Lipinski definition) is 3. The number of thiophene rings is 2. The number of rotatable bonds is 2. The molecule has 0 bridgehead atoms. The Hall–Kier alpha value is -0.640. The van der Waals surface area contributed by atoms with Gasteiger partial charge < -0.3 is 5.11 Å². The standard InChI is InChI=1S/C14H16OS2/c15-14(11-6-7-16-9-11)13-8-10-4-2-1-3-5-12(10)17-13/h6-9,14-15H,1-5H2. The fraction of sp³-hybridized carbons (Fsp3) is 0.429. The zero-order valence-electron chi connectivity index (χ0n) is 9.69. The van der Waals surface area contributed by atoms with Crippen molar-refractivity contribution < 1.29 is 5.11 Å². The SMILES string of the molecule is OC(c1ccsc1)c1cc2c(s1)CCCCC2. The molecule has 0 spiro atoms. The van der Waals surface area contributed by atoms with Gasteiger partial charge in [0.05, 0.1) is 0 Å². The summed E-state index contributed by atoms with van der Waals surface area (Å²) in [5.41, 5.74) is 2.52. The van der Waals surface area contributed by atoms with E-state index in [4.69, 9.17) is 0 Å². The maximum Gasteiger partial charge on any atom is 0.114 e. The van der Waals surface area contributed by atoms with Crippen LogP contribution in [0, 0.1) is 0 Å². The molecule has 0 aliphatic heterocycles. The van der Waals surface area contributed by atoms with Gasteiger partial charge in [-0.25, -0.2) is 0 Å². The molecule has 3 heteroatoms. The van der Waals surface area contributed by atoms with Gasteiger partial charge in [-0.2, -0.15) is 11.3 Å². The second-order valence-electron chi connectivity index (χ2n) is 4.62. The van der Waals surface area contributed by atoms with Gasteiger partial charge in [-0.1, -0.05) is 6.42 Å². The van der Waals surface area contributed by atoms with Crippen molar-refractivity contribution in [1.29, 1.82) is 0 Å². The molecule has 0 saturated carbocycles. The number of hydrogen-bond donors (Lipinski definition) is 1. The van der Waals surface area contributed by atoms with Crippen LogP contribution in [0.4, 0.5) is 0 Å². The maximum absolute atomic E-state index is 10.3. The van der Waals surface area contributed by atoms with Gasteiger partial charge in [-0.3, -0.25) is 0 Å². The van der Waals surface area contributed by atoms with Crippen LogP contribution < -0.4 is 0 Å². The zero-order chi connectivity index (χ0) is 11.7. The Morgan fingerprint density at radius 2 is 2.06 bits per heavy atom. The Morgan fingerprint density at radius 3 is 2.88 bits per heavy atom. The molecule has 17 heavy (non-hydrogen) atoms. The molecule has 2 heterocycles. The van der Waals surface area contributed by atoms with Crippen LogP contribution in [0.15, 0.2) is 22.9 Å². The molecule has 2 aromatic heterocycles. The normalized spacial score (nSPS) is 17.5. The highest BCUT2D eigenvalue weighted by atomic mass is 32.1. The first-order chi connectivity index (χ1) is 8.34. The molecule has 1 aliphatic carbocycles. The van der Waals surface area contributed by atoms with Crippen molar-refractivity contribution in [1.82, 2.24) is 0 Å². The highest BCUT2D eigenvalue weighted by molar-refractivity contribution is 7.12. The molecule has 3 rings (SSSR count). The lowest BCUT2D eigenvalue weighted by Crippen LogP contribution is -1.94. The monoisotopic (exact) mass is 264 g/mol. The third-order valence-corrected chi connectivity index (χ3v) is 5.39. The van der Waals surface area contributed by atoms with Gasteiger partial charge in [0, 0.05) is 9.75 Å². The molecule has 1 nitrogen and oxygen atoms in total. The van der Waals surface area contributed by atoms with E-state index in [1.165, 1.54) is 42.5 Å². The zero-order valence-corrected chi connectivity index (χ0v) is 11.3. The highest BCUT2D eigenvalue weighted by Crippen LogP contribution is 2.35. The van der Waals surface area contributed by atoms with Crippen LogP contribution in [0.2, 0.25) is 0 Å². The van der Waals surface area contributed by atoms with Gasteiger partial charge in [0.2, 0.25) is 0 Å². The van der Waals surface area contributed by atoms with Gasteiger partial charge in [0.25, 0.3) is 0 Å². The summed E-state index contributed by atoms with van der Waals surface area (Å²) < 4.78 is 0. The Morgan fingerprint density at radius 1 is 1.18 bits per heavy atom. The van der Waals surface area contributed by atoms with Crippen molar-refractivity contribution in [3.05, 3.63) is 43.8 Å². The van der Waals surface area contributed by atoms with Gasteiger partial charge in [0.15, 0.2) is 0 Å². The Labute approximate surface area is 110 Å². The molecular formula is C14H16OS2. The molecule has 0 radical (unpaired) electrons. The molecular weight excluding hydrogens is 248 g/mol. The predicted molar refractivity (Wildman–Crippen MR) is 74.0 cm³/mol. The Kier molecular flexibility index (Phi) is 3.32. The summed E-state index contributed by atoms with van der Waals surface area (Å²) >= 11 is 3.46. The molecule has 90 valence electrons. The predicted octanol–water partition coefficient (Wildman–Crippen LogP) is 4.16. The maximum atomic E-state index is 10.3. The van der Waals surface area contributed by atoms with Crippen LogP contribution in [-0.2, 0) is 12.8 Å². The smallest absolute Gasteiger partial charge is 0.114 e. The molecule has 0 saturated heterocycles. The van der Waals surface area contributed by atoms with E-state index in [0.29, 0.717) is 0 Å². The van der Waals surface area contributed by atoms with E-state index >= 15 is 0 Å². The Bertz CT molecular complexity index is 461. The average molecular weight is 264 g/mol. The summed E-state index contributed by atoms with van der Waals surface area (Å²) in [6, 6.07) is 4.24. The van der Waals surface area contributed by atoms with Gasteiger partial charge in [-0.05, 0) is 59.7 Å². The summed E-state index contributed by atoms with van der Waals surface area (Å²) in [7, 11) is 0. The highest BCUT2D eigenvalue weighted by Gasteiger charge is 2.18. The summed E-state index contributed by atoms with van der Waals surface area (Å²) in [5.74, 6) is 0. The number of fused-ring (bicyclic) bond motifs is 1. The van der Waals surface area contributed by atoms with Gasteiger partial charge >= 0.3 is 0 Å². The minimum atomic E-state index is -0.418. The molecule has 0 fully saturated rings. The lowest BCUT2D eigenvalue weighted by molar-refractivity contribution is 0.224. The number of aliphatic hydroxyl groups excluding tert-OH is 1. The minimum absolute atomic E-state index is 0.418. The third-order valence-electron chi connectivity index (χ3n) is 3.39. The van der Waals surface area contributed by atoms with E-state index in [2.05, 4.69) is 6.07 Å². The van der Waals surface area contributed by atoms with E-state index in [-0.39, 0.29) is 0 Å². The van der Waals surface area contributed by atoms with Crippen molar-refractivity contribution in [2.45, 2.75) is 38.2 Å². The van der Waals surface area contributed by atoms with Crippen molar-refractivity contribution in [2.75, 3.05) is 0 Å². The van der Waals surface area contributed by atoms with Crippen molar-refractivity contribution in [2.24, 2.45) is 0 Å². The average Bonchev–Trinajstić information content (AvgIpc) is 2.95. The van der Waals surface area contributed by atoms with Crippen LogP contribution >= 0.6 is 22.7 Å². The van der Waals surface area contributed by atoms with Crippen molar-refractivity contribution in [3.8, 4) is 0 Å². The summed E-state index contributed by atoms with van der Waals surface area (Å²) in [6.45, 7) is 0. The van der Waals surface area contributed by atoms with Crippen LogP contribution in [0.25, 0.3) is 0 Å². The van der Waals surface area contributed by atoms with Crippen LogP contribution in [0.1, 0.15) is 46.2 Å². The van der Waals surface area contributed by atoms with Gasteiger partial charge in [-0.15, -0.1) is 11.3 Å². The Balaban J connectivity index is 1.89. The first-order valence-corrected chi connectivity index (χ1v) is 7.92. The molecule has 1 N–H and O–H groups in total. The minimum Gasteiger partial charge on any atom is -0.383 e. The van der Waals surface area contributed by atoms with Gasteiger partial charge in [0.1, 0.15) is 6.10 Å². The van der Waals surface area contributed by atoms with Crippen molar-refractivity contribution >= 4 is 22.7 Å². The van der Waals surface area contributed by atoms with Crippen LogP contribution in [0.3, 0.4) is 0 Å². The van der Waals surface area contributed by atoms with Crippen LogP contribution in [0.5, 0.6) is 0 Å². The summed E-state index contributed by atoms with van der Waals surface area (Å²) in [5, 5.41) is 14.4. The van der Waals surface area contributed by atoms with Crippen molar-refractivity contribution in [3.63, 3.8) is 0 Å². The molecule has 0 aromatic carbocycles. The quantitative estimate of drug-likeness (QED) is 0.808. The second-order valence-corrected chi connectivity index (χ2v) is 6.57. The fourth-order valence-electron chi connectivity index (χ4n) is 2.42. The third kappa shape index (κ3) is 2.32. The second kappa shape index (κ2) is 4.92. The largest absolute Gasteiger partial charge is 0.383 e. The summed E-state index contributed by atoms with van der Waals surface area (Å²) in [6.07, 6.45) is 5.94. The lowest BCUT2D eigenvalue weighted by Gasteiger charge is -2.05. The van der Waals surface area contributed by atoms with E-state index in [0.717, 1.165) is 10.4 Å². The fourth-order valence-corrected chi connectivity index (χ4v) is 4.37. The molecule has 1 atom stereocenters. The first kappa shape index (κ1) is 11.5. The first-order valence-electron chi connectivity index (χ1n) is 6.16.